The zero-order valence-corrected chi connectivity index (χ0v) is 10.5. The van der Waals surface area contributed by atoms with Gasteiger partial charge in [0.15, 0.2) is 0 Å². The van der Waals surface area contributed by atoms with Crippen molar-refractivity contribution < 1.29 is 9.90 Å². The maximum Gasteiger partial charge on any atom is 0.307 e. The molecule has 0 aliphatic carbocycles. The minimum Gasteiger partial charge on any atom is -0.481 e. The molecule has 0 atom stereocenters. The predicted octanol–water partition coefficient (Wildman–Crippen LogP) is 0.647. The number of aliphatic carboxylic acids is 1. The van der Waals surface area contributed by atoms with E-state index in [4.69, 9.17) is 5.11 Å². The topological polar surface area (TPSA) is 37.3 Å². The minimum atomic E-state index is -0.829. The number of hydrogen-bond donors (Lipinski definition) is 1. The fourth-order valence-electron chi connectivity index (χ4n) is 0.123. The summed E-state index contributed by atoms with van der Waals surface area (Å²) in [6.45, 7) is 3.22. The van der Waals surface area contributed by atoms with Gasteiger partial charge in [-0.25, -0.2) is 0 Å². The SMILES string of the molecule is C=CCC(=O)O.[Rf]. The Morgan fingerprint density at radius 3 is 2.29 bits per heavy atom. The van der Waals surface area contributed by atoms with Crippen molar-refractivity contribution in [2.24, 2.45) is 0 Å². The van der Waals surface area contributed by atoms with Crippen LogP contribution in [-0.4, -0.2) is 11.1 Å². The Bertz CT molecular complexity index is 70.1. The molecule has 0 aromatic heterocycles. The van der Waals surface area contributed by atoms with Gasteiger partial charge in [-0.3, -0.25) is 4.79 Å². The minimum absolute atomic E-state index is 0. The number of carbonyl (C=O) groups is 1. The summed E-state index contributed by atoms with van der Waals surface area (Å²) in [5.41, 5.74) is 0. The van der Waals surface area contributed by atoms with E-state index in [-0.39, 0.29) is 6.42 Å². The van der Waals surface area contributed by atoms with Gasteiger partial charge in [-0.05, 0) is 0 Å². The van der Waals surface area contributed by atoms with E-state index in [1.807, 2.05) is 0 Å². The van der Waals surface area contributed by atoms with Crippen LogP contribution in [0.15, 0.2) is 12.7 Å². The fraction of sp³-hybridized carbons (Fsp3) is 0.250. The van der Waals surface area contributed by atoms with Crippen LogP contribution in [0.1, 0.15) is 6.42 Å². The number of carboxylic acid groups (broad SMARTS) is 1. The largest absolute Gasteiger partial charge is 0.481 e. The normalized spacial score (nSPS) is 6.29. The Balaban J connectivity index is 0. The molecule has 0 aromatic rings. The molecule has 0 radical (unpaired) electrons. The summed E-state index contributed by atoms with van der Waals surface area (Å²) in [5, 5.41) is 7.84. The van der Waals surface area contributed by atoms with Gasteiger partial charge in [0, 0.05) is 0 Å². The van der Waals surface area contributed by atoms with E-state index < -0.39 is 5.97 Å². The molecule has 0 aromatic carbocycles. The molecule has 0 amide bonds. The molecular weight excluding hydrogens is 347 g/mol. The Morgan fingerprint density at radius 2 is 2.29 bits per heavy atom. The summed E-state index contributed by atoms with van der Waals surface area (Å²) in [5.74, 6) is -0.829. The van der Waals surface area contributed by atoms with E-state index in [1.165, 1.54) is 6.08 Å². The average molecular weight is 353 g/mol. The summed E-state index contributed by atoms with van der Waals surface area (Å²) < 4.78 is 0. The molecule has 0 aliphatic heterocycles. The van der Waals surface area contributed by atoms with Crippen molar-refractivity contribution in [1.29, 1.82) is 0 Å². The van der Waals surface area contributed by atoms with Crippen LogP contribution in [0.4, 0.5) is 0 Å². The van der Waals surface area contributed by atoms with Crippen molar-refractivity contribution in [3.05, 3.63) is 12.7 Å². The third-order valence-corrected chi connectivity index (χ3v) is 0.319. The first-order chi connectivity index (χ1) is 2.77. The molecule has 1 N–H and O–H groups in total. The van der Waals surface area contributed by atoms with E-state index >= 15 is 0 Å². The first kappa shape index (κ1) is 8.96. The first-order valence-corrected chi connectivity index (χ1v) is 1.60. The van der Waals surface area contributed by atoms with E-state index in [2.05, 4.69) is 6.58 Å². The second-order valence-corrected chi connectivity index (χ2v) is 0.887. The third kappa shape index (κ3) is 14.0. The maximum absolute atomic E-state index is 9.53. The predicted molar refractivity (Wildman–Crippen MR) is 22.4 cm³/mol. The second kappa shape index (κ2) is 4.21. The number of hydrogen-bond acceptors (Lipinski definition) is 1. The Morgan fingerprint density at radius 1 is 1.86 bits per heavy atom. The van der Waals surface area contributed by atoms with Gasteiger partial charge < -0.3 is 5.11 Å². The van der Waals surface area contributed by atoms with Crippen LogP contribution in [0.25, 0.3) is 0 Å². The molecule has 0 unspecified atom stereocenters. The van der Waals surface area contributed by atoms with Crippen LogP contribution >= 0.6 is 0 Å². The average Bonchev–Trinajstić information content (AvgIpc) is 1.35. The number of carboxylic acids is 1. The van der Waals surface area contributed by atoms with Gasteiger partial charge in [-0.15, -0.1) is 6.58 Å². The van der Waals surface area contributed by atoms with E-state index in [1.54, 1.807) is 0 Å². The molecule has 3 heteroatoms. The quantitative estimate of drug-likeness (QED) is 0.741. The van der Waals surface area contributed by atoms with Crippen molar-refractivity contribution in [1.82, 2.24) is 0 Å². The van der Waals surface area contributed by atoms with E-state index in [0.29, 0.717) is 0 Å². The van der Waals surface area contributed by atoms with Crippen LogP contribution in [-0.2, 0) is 4.79 Å². The summed E-state index contributed by atoms with van der Waals surface area (Å²) in [6, 6.07) is 0. The molecule has 0 bridgehead atoms. The molecule has 0 saturated heterocycles. The molecule has 0 saturated carbocycles. The van der Waals surface area contributed by atoms with Crippen molar-refractivity contribution in [2.75, 3.05) is 0 Å². The summed E-state index contributed by atoms with van der Waals surface area (Å²) >= 11 is 0. The van der Waals surface area contributed by atoms with Crippen LogP contribution in [0.2, 0.25) is 0 Å². The Hall–Kier alpha value is -1.79. The van der Waals surface area contributed by atoms with E-state index in [9.17, 15) is 4.79 Å². The molecule has 36 valence electrons. The standard InChI is InChI=1S/C4H6O2.Rf/c1-2-3-4(5)6;/h2H,1,3H2,(H,5,6);. The summed E-state index contributed by atoms with van der Waals surface area (Å²) in [7, 11) is 0. The fourth-order valence-corrected chi connectivity index (χ4v) is 0.123. The van der Waals surface area contributed by atoms with Gasteiger partial charge in [-0.1, -0.05) is 6.08 Å². The van der Waals surface area contributed by atoms with Gasteiger partial charge in [0.2, 0.25) is 0 Å². The Kier molecular flexibility index (Phi) is 5.39. The van der Waals surface area contributed by atoms with Crippen molar-refractivity contribution >= 4 is 5.97 Å². The van der Waals surface area contributed by atoms with Gasteiger partial charge in [0.1, 0.15) is 0 Å². The molecular formula is C4H6O2Rf. The van der Waals surface area contributed by atoms with Crippen LogP contribution in [0, 0.1) is 0 Å². The van der Waals surface area contributed by atoms with E-state index in [0.717, 1.165) is 0 Å². The smallest absolute Gasteiger partial charge is 0.307 e. The van der Waals surface area contributed by atoms with Crippen LogP contribution < -0.4 is 0 Å². The first-order valence-electron chi connectivity index (χ1n) is 1.60. The van der Waals surface area contributed by atoms with Crippen LogP contribution in [0.3, 0.4) is 0 Å². The second-order valence-electron chi connectivity index (χ2n) is 0.887. The van der Waals surface area contributed by atoms with Gasteiger partial charge >= 0.3 is 5.97 Å². The third-order valence-electron chi connectivity index (χ3n) is 0.319. The molecule has 0 spiro atoms. The monoisotopic (exact) mass is 353 g/mol. The number of rotatable bonds is 2. The van der Waals surface area contributed by atoms with Gasteiger partial charge in [0.05, 0.1) is 6.42 Å². The zero-order valence-electron chi connectivity index (χ0n) is 4.05. The molecule has 0 rings (SSSR count). The molecule has 7 heavy (non-hydrogen) atoms. The van der Waals surface area contributed by atoms with Crippen molar-refractivity contribution in [3.63, 3.8) is 0 Å². The van der Waals surface area contributed by atoms with Crippen molar-refractivity contribution in [2.45, 2.75) is 6.42 Å². The van der Waals surface area contributed by atoms with Gasteiger partial charge in [-0.2, -0.15) is 0 Å². The summed E-state index contributed by atoms with van der Waals surface area (Å²) in [4.78, 5) is 9.53. The van der Waals surface area contributed by atoms with Crippen LogP contribution in [0.5, 0.6) is 0 Å². The Labute approximate surface area is 36.1 Å². The maximum atomic E-state index is 9.53. The molecule has 2 nitrogen and oxygen atoms in total. The van der Waals surface area contributed by atoms with Gasteiger partial charge in [0.25, 0.3) is 0 Å². The summed E-state index contributed by atoms with van der Waals surface area (Å²) in [6.07, 6.45) is 1.41. The molecule has 0 fully saturated rings. The van der Waals surface area contributed by atoms with Crippen molar-refractivity contribution in [3.8, 4) is 0 Å². The zero-order chi connectivity index (χ0) is 4.99. The molecule has 0 heterocycles. The molecule has 0 aliphatic rings.